The highest BCUT2D eigenvalue weighted by atomic mass is 19.1. The summed E-state index contributed by atoms with van der Waals surface area (Å²) >= 11 is 0. The number of halogens is 1. The van der Waals surface area contributed by atoms with Crippen molar-refractivity contribution < 1.29 is 18.7 Å². The fraction of sp³-hybridized carbons (Fsp3) is 0.263. The van der Waals surface area contributed by atoms with E-state index in [1.807, 2.05) is 0 Å². The summed E-state index contributed by atoms with van der Waals surface area (Å²) in [6.07, 6.45) is 2.28. The fourth-order valence-corrected chi connectivity index (χ4v) is 2.35. The average molecular weight is 342 g/mol. The van der Waals surface area contributed by atoms with Crippen LogP contribution in [-0.2, 0) is 4.79 Å². The molecule has 0 heterocycles. The maximum absolute atomic E-state index is 13.6. The van der Waals surface area contributed by atoms with E-state index >= 15 is 0 Å². The normalized spacial score (nSPS) is 13.2. The summed E-state index contributed by atoms with van der Waals surface area (Å²) < 4.78 is 19.3. The topological polar surface area (TPSA) is 67.4 Å². The molecule has 3 rings (SSSR count). The molecular formula is C19H19FN2O3. The monoisotopic (exact) mass is 342 g/mol. The van der Waals surface area contributed by atoms with Gasteiger partial charge in [0.15, 0.2) is 0 Å². The van der Waals surface area contributed by atoms with Crippen LogP contribution >= 0.6 is 0 Å². The highest BCUT2D eigenvalue weighted by Crippen LogP contribution is 2.32. The van der Waals surface area contributed by atoms with Gasteiger partial charge < -0.3 is 15.4 Å². The number of anilines is 2. The van der Waals surface area contributed by atoms with Gasteiger partial charge in [0.25, 0.3) is 5.91 Å². The first kappa shape index (κ1) is 17.0. The SMILES string of the molecule is CC(=O)Nc1cccc(C(=O)Nc2cc(F)ccc2OCC2CC2)c1. The van der Waals surface area contributed by atoms with Gasteiger partial charge in [0.2, 0.25) is 5.91 Å². The van der Waals surface area contributed by atoms with Crippen LogP contribution in [0.15, 0.2) is 42.5 Å². The van der Waals surface area contributed by atoms with E-state index in [9.17, 15) is 14.0 Å². The zero-order valence-electron chi connectivity index (χ0n) is 13.8. The number of hydrogen-bond donors (Lipinski definition) is 2. The Balaban J connectivity index is 1.75. The van der Waals surface area contributed by atoms with E-state index in [-0.39, 0.29) is 11.6 Å². The number of nitrogens with one attached hydrogen (secondary N) is 2. The molecule has 0 aliphatic heterocycles. The molecule has 0 spiro atoms. The van der Waals surface area contributed by atoms with Crippen molar-refractivity contribution in [2.45, 2.75) is 19.8 Å². The third-order valence-corrected chi connectivity index (χ3v) is 3.81. The summed E-state index contributed by atoms with van der Waals surface area (Å²) in [6.45, 7) is 1.95. The Labute approximate surface area is 145 Å². The van der Waals surface area contributed by atoms with E-state index in [0.717, 1.165) is 12.8 Å². The number of amides is 2. The van der Waals surface area contributed by atoms with Crippen molar-refractivity contribution >= 4 is 23.2 Å². The van der Waals surface area contributed by atoms with Gasteiger partial charge in [0, 0.05) is 24.2 Å². The molecule has 2 aromatic rings. The minimum absolute atomic E-state index is 0.224. The lowest BCUT2D eigenvalue weighted by Gasteiger charge is -2.13. The molecule has 1 aliphatic carbocycles. The molecule has 0 saturated heterocycles. The molecule has 1 aliphatic rings. The highest BCUT2D eigenvalue weighted by Gasteiger charge is 2.22. The number of carbonyl (C=O) groups excluding carboxylic acids is 2. The molecule has 0 bridgehead atoms. The molecule has 130 valence electrons. The molecule has 5 nitrogen and oxygen atoms in total. The number of ether oxygens (including phenoxy) is 1. The highest BCUT2D eigenvalue weighted by molar-refractivity contribution is 6.06. The van der Waals surface area contributed by atoms with Crippen molar-refractivity contribution in [1.82, 2.24) is 0 Å². The van der Waals surface area contributed by atoms with Crippen molar-refractivity contribution in [2.24, 2.45) is 5.92 Å². The van der Waals surface area contributed by atoms with Gasteiger partial charge >= 0.3 is 0 Å². The van der Waals surface area contributed by atoms with Gasteiger partial charge in [-0.05, 0) is 49.1 Å². The van der Waals surface area contributed by atoms with Crippen LogP contribution < -0.4 is 15.4 Å². The van der Waals surface area contributed by atoms with Crippen molar-refractivity contribution in [3.8, 4) is 5.75 Å². The van der Waals surface area contributed by atoms with E-state index in [1.165, 1.54) is 25.1 Å². The van der Waals surface area contributed by atoms with Gasteiger partial charge in [-0.2, -0.15) is 0 Å². The molecule has 0 unspecified atom stereocenters. The smallest absolute Gasteiger partial charge is 0.255 e. The van der Waals surface area contributed by atoms with Crippen molar-refractivity contribution in [1.29, 1.82) is 0 Å². The second kappa shape index (κ2) is 7.34. The van der Waals surface area contributed by atoms with Gasteiger partial charge in [0.05, 0.1) is 12.3 Å². The van der Waals surface area contributed by atoms with Crippen LogP contribution in [0.1, 0.15) is 30.1 Å². The van der Waals surface area contributed by atoms with Crippen molar-refractivity contribution in [3.63, 3.8) is 0 Å². The Hall–Kier alpha value is -2.89. The average Bonchev–Trinajstić information content (AvgIpc) is 3.38. The molecule has 6 heteroatoms. The maximum Gasteiger partial charge on any atom is 0.255 e. The van der Waals surface area contributed by atoms with E-state index in [4.69, 9.17) is 4.74 Å². The molecule has 0 radical (unpaired) electrons. The molecule has 25 heavy (non-hydrogen) atoms. The van der Waals surface area contributed by atoms with Crippen LogP contribution in [0.2, 0.25) is 0 Å². The van der Waals surface area contributed by atoms with E-state index in [2.05, 4.69) is 10.6 Å². The summed E-state index contributed by atoms with van der Waals surface area (Å²) in [5, 5.41) is 5.30. The zero-order chi connectivity index (χ0) is 17.8. The van der Waals surface area contributed by atoms with Gasteiger partial charge in [-0.25, -0.2) is 4.39 Å². The number of rotatable bonds is 6. The minimum atomic E-state index is -0.457. The molecular weight excluding hydrogens is 323 g/mol. The number of hydrogen-bond acceptors (Lipinski definition) is 3. The minimum Gasteiger partial charge on any atom is -0.491 e. The van der Waals surface area contributed by atoms with E-state index in [1.54, 1.807) is 24.3 Å². The predicted molar refractivity (Wildman–Crippen MR) is 93.3 cm³/mol. The molecule has 2 N–H and O–H groups in total. The Morgan fingerprint density at radius 3 is 2.68 bits per heavy atom. The molecule has 0 atom stereocenters. The number of carbonyl (C=O) groups is 2. The van der Waals surface area contributed by atoms with Crippen molar-refractivity contribution in [3.05, 3.63) is 53.8 Å². The van der Waals surface area contributed by atoms with Crippen LogP contribution in [0.5, 0.6) is 5.75 Å². The lowest BCUT2D eigenvalue weighted by Crippen LogP contribution is -2.14. The van der Waals surface area contributed by atoms with Crippen LogP contribution in [0.4, 0.5) is 15.8 Å². The molecule has 1 fully saturated rings. The van der Waals surface area contributed by atoms with Gasteiger partial charge in [-0.3, -0.25) is 9.59 Å². The first-order valence-corrected chi connectivity index (χ1v) is 8.12. The second-order valence-electron chi connectivity index (χ2n) is 6.11. The first-order valence-electron chi connectivity index (χ1n) is 8.12. The summed E-state index contributed by atoms with van der Waals surface area (Å²) in [4.78, 5) is 23.6. The van der Waals surface area contributed by atoms with Crippen LogP contribution in [0.3, 0.4) is 0 Å². The number of benzene rings is 2. The van der Waals surface area contributed by atoms with E-state index < -0.39 is 11.7 Å². The zero-order valence-corrected chi connectivity index (χ0v) is 13.8. The fourth-order valence-electron chi connectivity index (χ4n) is 2.35. The summed E-state index contributed by atoms with van der Waals surface area (Å²) in [6, 6.07) is 10.6. The lowest BCUT2D eigenvalue weighted by atomic mass is 10.1. The van der Waals surface area contributed by atoms with Crippen LogP contribution in [0, 0.1) is 11.7 Å². The molecule has 1 saturated carbocycles. The molecule has 2 aromatic carbocycles. The summed E-state index contributed by atoms with van der Waals surface area (Å²) in [7, 11) is 0. The van der Waals surface area contributed by atoms with Crippen molar-refractivity contribution in [2.75, 3.05) is 17.2 Å². The summed E-state index contributed by atoms with van der Waals surface area (Å²) in [5.74, 6) is -0.101. The Bertz CT molecular complexity index is 803. The lowest BCUT2D eigenvalue weighted by molar-refractivity contribution is -0.114. The third-order valence-electron chi connectivity index (χ3n) is 3.81. The van der Waals surface area contributed by atoms with Gasteiger partial charge in [0.1, 0.15) is 11.6 Å². The summed E-state index contributed by atoms with van der Waals surface area (Å²) in [5.41, 5.74) is 1.16. The van der Waals surface area contributed by atoms with Crippen LogP contribution in [0.25, 0.3) is 0 Å². The van der Waals surface area contributed by atoms with Gasteiger partial charge in [-0.15, -0.1) is 0 Å². The molecule has 0 aromatic heterocycles. The Kier molecular flexibility index (Phi) is 4.97. The quantitative estimate of drug-likeness (QED) is 0.838. The standard InChI is InChI=1S/C19H19FN2O3/c1-12(23)21-16-4-2-3-14(9-16)19(24)22-17-10-15(20)7-8-18(17)25-11-13-5-6-13/h2-4,7-10,13H,5-6,11H2,1H3,(H,21,23)(H,22,24). The predicted octanol–water partition coefficient (Wildman–Crippen LogP) is 3.83. The second-order valence-corrected chi connectivity index (χ2v) is 6.11. The largest absolute Gasteiger partial charge is 0.491 e. The van der Waals surface area contributed by atoms with Crippen LogP contribution in [-0.4, -0.2) is 18.4 Å². The first-order chi connectivity index (χ1) is 12.0. The third kappa shape index (κ3) is 4.79. The van der Waals surface area contributed by atoms with Gasteiger partial charge in [-0.1, -0.05) is 6.07 Å². The Morgan fingerprint density at radius 1 is 1.16 bits per heavy atom. The Morgan fingerprint density at radius 2 is 1.96 bits per heavy atom. The maximum atomic E-state index is 13.6. The molecule has 2 amide bonds. The van der Waals surface area contributed by atoms with E-state index in [0.29, 0.717) is 29.5 Å².